The summed E-state index contributed by atoms with van der Waals surface area (Å²) in [5, 5.41) is 5.12. The Morgan fingerprint density at radius 3 is 2.44 bits per heavy atom. The Hall–Kier alpha value is -2.74. The van der Waals surface area contributed by atoms with Crippen molar-refractivity contribution < 1.29 is 4.79 Å². The molecule has 1 aromatic carbocycles. The van der Waals surface area contributed by atoms with E-state index in [2.05, 4.69) is 25.3 Å². The topological polar surface area (TPSA) is 83.6 Å². The Kier molecular flexibility index (Phi) is 7.06. The van der Waals surface area contributed by atoms with E-state index in [0.717, 1.165) is 11.1 Å². The van der Waals surface area contributed by atoms with Crippen molar-refractivity contribution in [3.8, 4) is 22.6 Å². The number of halogens is 2. The summed E-state index contributed by atoms with van der Waals surface area (Å²) in [5.41, 5.74) is 2.63. The summed E-state index contributed by atoms with van der Waals surface area (Å²) in [7, 11) is 0. The molecule has 3 aromatic heterocycles. The molecular formula is C18H15Cl2N5OS. The summed E-state index contributed by atoms with van der Waals surface area (Å²) in [4.78, 5) is 28.7. The molecule has 6 nitrogen and oxygen atoms in total. The number of thiazole rings is 1. The molecule has 2 N–H and O–H groups in total. The smallest absolute Gasteiger partial charge is 0.278 e. The van der Waals surface area contributed by atoms with Crippen molar-refractivity contribution in [2.75, 3.05) is 5.32 Å². The standard InChI is InChI=1S/C18H13N5OS.2ClH/c24-17(23-18-20-9-10-25-18)15-14(13-7-4-8-19-11-13)21-16(22-15)12-5-2-1-3-6-12;;/h1-11H,(H,21,22)(H,20,23,24);2*1H. The van der Waals surface area contributed by atoms with E-state index in [1.807, 2.05) is 42.5 Å². The number of aromatic nitrogens is 4. The second-order valence-electron chi connectivity index (χ2n) is 5.21. The molecular weight excluding hydrogens is 405 g/mol. The Bertz CT molecular complexity index is 991. The molecule has 4 rings (SSSR count). The number of carbonyl (C=O) groups excluding carboxylic acids is 1. The van der Waals surface area contributed by atoms with E-state index < -0.39 is 0 Å². The van der Waals surface area contributed by atoms with Gasteiger partial charge >= 0.3 is 0 Å². The average Bonchev–Trinajstić information content (AvgIpc) is 3.33. The maximum Gasteiger partial charge on any atom is 0.278 e. The maximum atomic E-state index is 12.7. The first-order valence-corrected chi connectivity index (χ1v) is 8.46. The average molecular weight is 420 g/mol. The highest BCUT2D eigenvalue weighted by atomic mass is 35.5. The van der Waals surface area contributed by atoms with Crippen LogP contribution in [0.5, 0.6) is 0 Å². The molecule has 0 aliphatic carbocycles. The fourth-order valence-corrected chi connectivity index (χ4v) is 2.96. The van der Waals surface area contributed by atoms with Crippen molar-refractivity contribution >= 4 is 47.2 Å². The predicted octanol–water partition coefficient (Wildman–Crippen LogP) is 4.69. The van der Waals surface area contributed by atoms with Crippen molar-refractivity contribution in [3.63, 3.8) is 0 Å². The number of aromatic amines is 1. The van der Waals surface area contributed by atoms with Gasteiger partial charge in [-0.3, -0.25) is 15.1 Å². The molecule has 138 valence electrons. The lowest BCUT2D eigenvalue weighted by molar-refractivity contribution is 0.102. The highest BCUT2D eigenvalue weighted by molar-refractivity contribution is 7.13. The van der Waals surface area contributed by atoms with E-state index >= 15 is 0 Å². The van der Waals surface area contributed by atoms with Crippen LogP contribution >= 0.6 is 36.2 Å². The molecule has 0 spiro atoms. The fraction of sp³-hybridized carbons (Fsp3) is 0. The summed E-state index contributed by atoms with van der Waals surface area (Å²) in [5.74, 6) is 0.316. The molecule has 0 unspecified atom stereocenters. The largest absolute Gasteiger partial charge is 0.337 e. The lowest BCUT2D eigenvalue weighted by Gasteiger charge is -2.02. The summed E-state index contributed by atoms with van der Waals surface area (Å²) >= 11 is 1.36. The number of carbonyl (C=O) groups is 1. The van der Waals surface area contributed by atoms with Crippen LogP contribution in [0, 0.1) is 0 Å². The molecule has 1 amide bonds. The third-order valence-corrected chi connectivity index (χ3v) is 4.26. The third kappa shape index (κ3) is 4.51. The van der Waals surface area contributed by atoms with Crippen LogP contribution in [-0.4, -0.2) is 25.8 Å². The highest BCUT2D eigenvalue weighted by Crippen LogP contribution is 2.26. The van der Waals surface area contributed by atoms with Crippen molar-refractivity contribution in [3.05, 3.63) is 72.1 Å². The van der Waals surface area contributed by atoms with Gasteiger partial charge in [-0.2, -0.15) is 0 Å². The van der Waals surface area contributed by atoms with Gasteiger partial charge in [0.25, 0.3) is 5.91 Å². The van der Waals surface area contributed by atoms with Gasteiger partial charge in [0.15, 0.2) is 10.8 Å². The van der Waals surface area contributed by atoms with Crippen molar-refractivity contribution in [1.82, 2.24) is 19.9 Å². The minimum atomic E-state index is -0.313. The monoisotopic (exact) mass is 419 g/mol. The number of amides is 1. The zero-order valence-electron chi connectivity index (χ0n) is 13.8. The van der Waals surface area contributed by atoms with E-state index in [9.17, 15) is 4.79 Å². The van der Waals surface area contributed by atoms with Crippen LogP contribution < -0.4 is 5.32 Å². The van der Waals surface area contributed by atoms with Gasteiger partial charge in [-0.25, -0.2) is 9.97 Å². The van der Waals surface area contributed by atoms with Gasteiger partial charge in [0.05, 0.1) is 5.69 Å². The summed E-state index contributed by atoms with van der Waals surface area (Å²) in [6.45, 7) is 0. The van der Waals surface area contributed by atoms with E-state index in [0.29, 0.717) is 22.3 Å². The number of anilines is 1. The zero-order chi connectivity index (χ0) is 17.1. The van der Waals surface area contributed by atoms with Crippen LogP contribution in [0.3, 0.4) is 0 Å². The summed E-state index contributed by atoms with van der Waals surface area (Å²) in [6.07, 6.45) is 5.03. The van der Waals surface area contributed by atoms with Gasteiger partial charge in [0, 0.05) is 35.1 Å². The SMILES string of the molecule is Cl.Cl.O=C(Nc1nccs1)c1nc(-c2ccccc2)[nH]c1-c1cccnc1. The lowest BCUT2D eigenvalue weighted by Crippen LogP contribution is -2.13. The van der Waals surface area contributed by atoms with E-state index in [-0.39, 0.29) is 30.7 Å². The number of benzene rings is 1. The van der Waals surface area contributed by atoms with Gasteiger partial charge in [-0.05, 0) is 12.1 Å². The molecule has 4 aromatic rings. The van der Waals surface area contributed by atoms with E-state index in [1.165, 1.54) is 11.3 Å². The second kappa shape index (κ2) is 9.27. The molecule has 3 heterocycles. The normalized spacial score (nSPS) is 9.78. The molecule has 0 atom stereocenters. The second-order valence-corrected chi connectivity index (χ2v) is 6.10. The van der Waals surface area contributed by atoms with Crippen LogP contribution in [0.25, 0.3) is 22.6 Å². The first-order valence-electron chi connectivity index (χ1n) is 7.58. The van der Waals surface area contributed by atoms with Gasteiger partial charge in [-0.15, -0.1) is 36.2 Å². The first kappa shape index (κ1) is 20.6. The maximum absolute atomic E-state index is 12.7. The molecule has 0 aliphatic rings. The third-order valence-electron chi connectivity index (χ3n) is 3.57. The van der Waals surface area contributed by atoms with E-state index in [1.54, 1.807) is 24.0 Å². The number of hydrogen-bond donors (Lipinski definition) is 2. The zero-order valence-corrected chi connectivity index (χ0v) is 16.3. The van der Waals surface area contributed by atoms with Gasteiger partial charge in [0.2, 0.25) is 0 Å². The molecule has 9 heteroatoms. The minimum absolute atomic E-state index is 0. The van der Waals surface area contributed by atoms with Crippen LogP contribution in [0.4, 0.5) is 5.13 Å². The van der Waals surface area contributed by atoms with Crippen LogP contribution in [0.1, 0.15) is 10.5 Å². The number of rotatable bonds is 4. The number of nitrogens with zero attached hydrogens (tertiary/aromatic N) is 3. The Labute approximate surface area is 171 Å². The number of pyridine rings is 1. The summed E-state index contributed by atoms with van der Waals surface area (Å²) < 4.78 is 0. The molecule has 0 saturated heterocycles. The quantitative estimate of drug-likeness (QED) is 0.502. The first-order chi connectivity index (χ1) is 12.3. The Balaban J connectivity index is 0.00000131. The number of H-pyrrole nitrogens is 1. The van der Waals surface area contributed by atoms with E-state index in [4.69, 9.17) is 0 Å². The van der Waals surface area contributed by atoms with Crippen molar-refractivity contribution in [2.24, 2.45) is 0 Å². The van der Waals surface area contributed by atoms with Gasteiger partial charge in [-0.1, -0.05) is 30.3 Å². The predicted molar refractivity (Wildman–Crippen MR) is 112 cm³/mol. The molecule has 0 bridgehead atoms. The molecule has 0 radical (unpaired) electrons. The van der Waals surface area contributed by atoms with Crippen molar-refractivity contribution in [2.45, 2.75) is 0 Å². The Morgan fingerprint density at radius 2 is 1.78 bits per heavy atom. The highest BCUT2D eigenvalue weighted by Gasteiger charge is 2.20. The summed E-state index contributed by atoms with van der Waals surface area (Å²) in [6, 6.07) is 13.4. The number of nitrogens with one attached hydrogen (secondary N) is 2. The minimum Gasteiger partial charge on any atom is -0.337 e. The fourth-order valence-electron chi connectivity index (χ4n) is 2.43. The molecule has 0 aliphatic heterocycles. The van der Waals surface area contributed by atoms with Crippen LogP contribution in [0.15, 0.2) is 66.4 Å². The lowest BCUT2D eigenvalue weighted by atomic mass is 10.1. The van der Waals surface area contributed by atoms with Crippen LogP contribution in [-0.2, 0) is 0 Å². The number of imidazole rings is 1. The van der Waals surface area contributed by atoms with Crippen molar-refractivity contribution in [1.29, 1.82) is 0 Å². The van der Waals surface area contributed by atoms with Gasteiger partial charge < -0.3 is 4.98 Å². The van der Waals surface area contributed by atoms with Crippen LogP contribution in [0.2, 0.25) is 0 Å². The Morgan fingerprint density at radius 1 is 1.00 bits per heavy atom. The molecule has 27 heavy (non-hydrogen) atoms. The number of hydrogen-bond acceptors (Lipinski definition) is 5. The molecule has 0 fully saturated rings. The van der Waals surface area contributed by atoms with Gasteiger partial charge in [0.1, 0.15) is 5.82 Å². The molecule has 0 saturated carbocycles.